The number of hydrogen-bond acceptors (Lipinski definition) is 4. The van der Waals surface area contributed by atoms with E-state index in [0.717, 1.165) is 11.7 Å². The van der Waals surface area contributed by atoms with E-state index in [1.54, 1.807) is 6.07 Å². The van der Waals surface area contributed by atoms with Crippen molar-refractivity contribution in [3.8, 4) is 0 Å². The van der Waals surface area contributed by atoms with Crippen LogP contribution < -0.4 is 5.32 Å². The Morgan fingerprint density at radius 3 is 2.95 bits per heavy atom. The van der Waals surface area contributed by atoms with Crippen LogP contribution in [0.4, 0.5) is 0 Å². The minimum absolute atomic E-state index is 0.273. The zero-order chi connectivity index (χ0) is 13.7. The lowest BCUT2D eigenvalue weighted by Crippen LogP contribution is -2.37. The summed E-state index contributed by atoms with van der Waals surface area (Å²) in [6.07, 6.45) is 6.44. The fourth-order valence-corrected chi connectivity index (χ4v) is 2.88. The molecule has 1 aliphatic rings. The van der Waals surface area contributed by atoms with Gasteiger partial charge in [0.1, 0.15) is 5.76 Å². The molecular weight excluding hydrogens is 242 g/mol. The van der Waals surface area contributed by atoms with Gasteiger partial charge >= 0.3 is 5.97 Å². The highest BCUT2D eigenvalue weighted by atomic mass is 16.5. The molecule has 1 heterocycles. The van der Waals surface area contributed by atoms with Crippen LogP contribution in [0.5, 0.6) is 0 Å². The van der Waals surface area contributed by atoms with Gasteiger partial charge in [-0.05, 0) is 30.9 Å². The molecule has 1 saturated carbocycles. The molecule has 0 radical (unpaired) electrons. The number of hydrogen-bond donors (Lipinski definition) is 1. The van der Waals surface area contributed by atoms with E-state index in [1.165, 1.54) is 39.2 Å². The van der Waals surface area contributed by atoms with Crippen molar-refractivity contribution in [2.75, 3.05) is 7.11 Å². The summed E-state index contributed by atoms with van der Waals surface area (Å²) in [6, 6.07) is 4.08. The third-order valence-corrected chi connectivity index (χ3v) is 4.02. The lowest BCUT2D eigenvalue weighted by molar-refractivity contribution is 0.0562. The maximum Gasteiger partial charge on any atom is 0.373 e. The van der Waals surface area contributed by atoms with Gasteiger partial charge in [0.05, 0.1) is 13.7 Å². The molecular formula is C15H23NO3. The van der Waals surface area contributed by atoms with Crippen LogP contribution in [0.2, 0.25) is 0 Å². The van der Waals surface area contributed by atoms with Gasteiger partial charge in [0, 0.05) is 6.04 Å². The van der Waals surface area contributed by atoms with Gasteiger partial charge in [-0.15, -0.1) is 0 Å². The highest BCUT2D eigenvalue weighted by molar-refractivity contribution is 5.86. The van der Waals surface area contributed by atoms with Crippen molar-refractivity contribution in [2.45, 2.75) is 51.6 Å². The summed E-state index contributed by atoms with van der Waals surface area (Å²) in [7, 11) is 1.36. The fourth-order valence-electron chi connectivity index (χ4n) is 2.88. The first kappa shape index (κ1) is 14.1. The zero-order valence-electron chi connectivity index (χ0n) is 11.8. The van der Waals surface area contributed by atoms with E-state index in [1.807, 2.05) is 6.07 Å². The van der Waals surface area contributed by atoms with E-state index >= 15 is 0 Å². The summed E-state index contributed by atoms with van der Waals surface area (Å²) in [5.74, 6) is 1.41. The first-order valence-electron chi connectivity index (χ1n) is 7.15. The van der Waals surface area contributed by atoms with Crippen molar-refractivity contribution >= 4 is 5.97 Å². The largest absolute Gasteiger partial charge is 0.463 e. The quantitative estimate of drug-likeness (QED) is 0.831. The Morgan fingerprint density at radius 1 is 1.42 bits per heavy atom. The fraction of sp³-hybridized carbons (Fsp3) is 0.667. The van der Waals surface area contributed by atoms with Crippen LogP contribution in [0.3, 0.4) is 0 Å². The second-order valence-electron chi connectivity index (χ2n) is 5.20. The topological polar surface area (TPSA) is 51.5 Å². The molecule has 1 N–H and O–H groups in total. The van der Waals surface area contributed by atoms with E-state index in [-0.39, 0.29) is 5.76 Å². The number of furan rings is 1. The molecule has 0 aliphatic heterocycles. The van der Waals surface area contributed by atoms with E-state index in [9.17, 15) is 4.79 Å². The molecule has 2 atom stereocenters. The van der Waals surface area contributed by atoms with Crippen LogP contribution in [0.15, 0.2) is 16.5 Å². The zero-order valence-corrected chi connectivity index (χ0v) is 11.8. The lowest BCUT2D eigenvalue weighted by Gasteiger charge is -2.31. The summed E-state index contributed by atoms with van der Waals surface area (Å²) in [6.45, 7) is 2.94. The number of rotatable bonds is 5. The average Bonchev–Trinajstić information content (AvgIpc) is 2.93. The van der Waals surface area contributed by atoms with E-state index in [0.29, 0.717) is 12.6 Å². The molecule has 4 nitrogen and oxygen atoms in total. The molecule has 0 bridgehead atoms. The second kappa shape index (κ2) is 6.75. The maximum absolute atomic E-state index is 11.3. The standard InChI is InChI=1S/C15H23NO3/c1-3-11-6-4-5-7-13(11)16-10-12-8-9-14(19-12)15(17)18-2/h8-9,11,13,16H,3-7,10H2,1-2H3. The summed E-state index contributed by atoms with van der Waals surface area (Å²) < 4.78 is 10.1. The molecule has 2 rings (SSSR count). The van der Waals surface area contributed by atoms with Crippen LogP contribution in [0, 0.1) is 5.92 Å². The third-order valence-electron chi connectivity index (χ3n) is 4.02. The lowest BCUT2D eigenvalue weighted by atomic mass is 9.83. The van der Waals surface area contributed by atoms with Gasteiger partial charge in [-0.25, -0.2) is 4.79 Å². The molecule has 2 unspecified atom stereocenters. The number of ether oxygens (including phenoxy) is 1. The molecule has 0 spiro atoms. The molecule has 0 saturated heterocycles. The predicted molar refractivity (Wildman–Crippen MR) is 72.9 cm³/mol. The minimum Gasteiger partial charge on any atom is -0.463 e. The third kappa shape index (κ3) is 3.60. The van der Waals surface area contributed by atoms with E-state index < -0.39 is 5.97 Å². The molecule has 0 amide bonds. The molecule has 1 aliphatic carbocycles. The Hall–Kier alpha value is -1.29. The molecule has 4 heteroatoms. The first-order valence-corrected chi connectivity index (χ1v) is 7.15. The summed E-state index contributed by atoms with van der Waals surface area (Å²) in [4.78, 5) is 11.3. The van der Waals surface area contributed by atoms with Gasteiger partial charge in [0.15, 0.2) is 0 Å². The van der Waals surface area contributed by atoms with Crippen molar-refractivity contribution in [1.29, 1.82) is 0 Å². The van der Waals surface area contributed by atoms with E-state index in [4.69, 9.17) is 4.42 Å². The van der Waals surface area contributed by atoms with Crippen molar-refractivity contribution < 1.29 is 13.9 Å². The van der Waals surface area contributed by atoms with Crippen LogP contribution in [-0.2, 0) is 11.3 Å². The van der Waals surface area contributed by atoms with Crippen molar-refractivity contribution in [3.05, 3.63) is 23.7 Å². The Balaban J connectivity index is 1.87. The van der Waals surface area contributed by atoms with Crippen LogP contribution in [-0.4, -0.2) is 19.1 Å². The molecule has 0 aromatic carbocycles. The number of carbonyl (C=O) groups is 1. The molecule has 1 aromatic heterocycles. The van der Waals surface area contributed by atoms with Gasteiger partial charge < -0.3 is 14.5 Å². The molecule has 106 valence electrons. The predicted octanol–water partition coefficient (Wildman–Crippen LogP) is 3.12. The number of methoxy groups -OCH3 is 1. The number of carbonyl (C=O) groups excluding carboxylic acids is 1. The molecule has 19 heavy (non-hydrogen) atoms. The maximum atomic E-state index is 11.3. The summed E-state index contributed by atoms with van der Waals surface area (Å²) in [5.41, 5.74) is 0. The van der Waals surface area contributed by atoms with Gasteiger partial charge in [0.2, 0.25) is 5.76 Å². The highest BCUT2D eigenvalue weighted by Gasteiger charge is 2.23. The molecule has 1 aromatic rings. The Morgan fingerprint density at radius 2 is 2.21 bits per heavy atom. The van der Waals surface area contributed by atoms with Gasteiger partial charge in [-0.1, -0.05) is 26.2 Å². The molecule has 1 fully saturated rings. The SMILES string of the molecule is CCC1CCCCC1NCc1ccc(C(=O)OC)o1. The first-order chi connectivity index (χ1) is 9.24. The summed E-state index contributed by atoms with van der Waals surface area (Å²) >= 11 is 0. The Labute approximate surface area is 114 Å². The summed E-state index contributed by atoms with van der Waals surface area (Å²) in [5, 5.41) is 3.56. The van der Waals surface area contributed by atoms with Gasteiger partial charge in [0.25, 0.3) is 0 Å². The highest BCUT2D eigenvalue weighted by Crippen LogP contribution is 2.27. The van der Waals surface area contributed by atoms with Crippen LogP contribution >= 0.6 is 0 Å². The van der Waals surface area contributed by atoms with Crippen LogP contribution in [0.1, 0.15) is 55.3 Å². The second-order valence-corrected chi connectivity index (χ2v) is 5.20. The van der Waals surface area contributed by atoms with E-state index in [2.05, 4.69) is 17.0 Å². The monoisotopic (exact) mass is 265 g/mol. The Kier molecular flexibility index (Phi) is 5.02. The number of nitrogens with one attached hydrogen (secondary N) is 1. The van der Waals surface area contributed by atoms with Crippen molar-refractivity contribution in [2.24, 2.45) is 5.92 Å². The van der Waals surface area contributed by atoms with Gasteiger partial charge in [-0.2, -0.15) is 0 Å². The van der Waals surface area contributed by atoms with Gasteiger partial charge in [-0.3, -0.25) is 0 Å². The minimum atomic E-state index is -0.421. The van der Waals surface area contributed by atoms with Crippen LogP contribution in [0.25, 0.3) is 0 Å². The van der Waals surface area contributed by atoms with Crippen molar-refractivity contribution in [1.82, 2.24) is 5.32 Å². The normalized spacial score (nSPS) is 23.3. The van der Waals surface area contributed by atoms with Crippen molar-refractivity contribution in [3.63, 3.8) is 0 Å². The number of esters is 1. The Bertz CT molecular complexity index is 413. The average molecular weight is 265 g/mol. The smallest absolute Gasteiger partial charge is 0.373 e.